The fourth-order valence-electron chi connectivity index (χ4n) is 2.35. The number of aliphatic hydroxyl groups excluding tert-OH is 1. The van der Waals surface area contributed by atoms with Crippen LogP contribution in [0, 0.1) is 0 Å². The standard InChI is InChI=1S/C20H23N3O3/c24-14-13-22-18-10-8-17(9-11-20(25)23-26)15-19(18)21-12-4-7-16-5-2-1-3-6-16/h1-3,5-6,8-12,15,22,24,26H,4,7,13-14H2,(H,23,25)/b11-9+,21-12+. The predicted molar refractivity (Wildman–Crippen MR) is 104 cm³/mol. The number of hydroxylamine groups is 1. The van der Waals surface area contributed by atoms with Crippen molar-refractivity contribution in [1.29, 1.82) is 0 Å². The molecule has 0 fully saturated rings. The lowest BCUT2D eigenvalue weighted by Crippen LogP contribution is -2.14. The molecule has 0 spiro atoms. The molecule has 0 aliphatic heterocycles. The van der Waals surface area contributed by atoms with Crippen LogP contribution in [-0.4, -0.2) is 35.6 Å². The third-order valence-corrected chi connectivity index (χ3v) is 3.62. The summed E-state index contributed by atoms with van der Waals surface area (Å²) in [6.45, 7) is 0.449. The summed E-state index contributed by atoms with van der Waals surface area (Å²) < 4.78 is 0. The Morgan fingerprint density at radius 1 is 1.15 bits per heavy atom. The van der Waals surface area contributed by atoms with Gasteiger partial charge < -0.3 is 10.4 Å². The smallest absolute Gasteiger partial charge is 0.267 e. The molecule has 0 unspecified atom stereocenters. The number of carbonyl (C=O) groups excluding carboxylic acids is 1. The molecule has 136 valence electrons. The number of nitrogens with one attached hydrogen (secondary N) is 2. The van der Waals surface area contributed by atoms with E-state index in [1.807, 2.05) is 42.6 Å². The van der Waals surface area contributed by atoms with E-state index in [2.05, 4.69) is 22.4 Å². The van der Waals surface area contributed by atoms with Gasteiger partial charge in [-0.3, -0.25) is 15.0 Å². The zero-order chi connectivity index (χ0) is 18.6. The van der Waals surface area contributed by atoms with Gasteiger partial charge in [0, 0.05) is 18.8 Å². The minimum atomic E-state index is -0.597. The van der Waals surface area contributed by atoms with Crippen LogP contribution in [0.1, 0.15) is 17.5 Å². The summed E-state index contributed by atoms with van der Waals surface area (Å²) in [4.78, 5) is 15.6. The summed E-state index contributed by atoms with van der Waals surface area (Å²) in [5.41, 5.74) is 5.11. The molecule has 0 saturated carbocycles. The van der Waals surface area contributed by atoms with Gasteiger partial charge >= 0.3 is 0 Å². The zero-order valence-electron chi connectivity index (χ0n) is 14.4. The van der Waals surface area contributed by atoms with E-state index in [1.54, 1.807) is 11.6 Å². The molecule has 0 heterocycles. The topological polar surface area (TPSA) is 94.0 Å². The van der Waals surface area contributed by atoms with E-state index in [0.29, 0.717) is 6.54 Å². The number of aliphatic imine (C=N–C) groups is 1. The first-order chi connectivity index (χ1) is 12.7. The van der Waals surface area contributed by atoms with Gasteiger partial charge in [0.05, 0.1) is 18.0 Å². The fourth-order valence-corrected chi connectivity index (χ4v) is 2.35. The average molecular weight is 353 g/mol. The summed E-state index contributed by atoms with van der Waals surface area (Å²) in [6.07, 6.45) is 6.39. The second-order valence-corrected chi connectivity index (χ2v) is 5.57. The first-order valence-electron chi connectivity index (χ1n) is 8.40. The van der Waals surface area contributed by atoms with Crippen LogP contribution in [0.25, 0.3) is 6.08 Å². The lowest BCUT2D eigenvalue weighted by Gasteiger charge is -2.09. The first kappa shape index (κ1) is 19.4. The van der Waals surface area contributed by atoms with E-state index in [9.17, 15) is 4.79 Å². The van der Waals surface area contributed by atoms with Crippen LogP contribution in [0.5, 0.6) is 0 Å². The van der Waals surface area contributed by atoms with Gasteiger partial charge in [0.1, 0.15) is 0 Å². The largest absolute Gasteiger partial charge is 0.395 e. The van der Waals surface area contributed by atoms with E-state index >= 15 is 0 Å². The van der Waals surface area contributed by atoms with E-state index in [-0.39, 0.29) is 6.61 Å². The molecule has 2 rings (SSSR count). The van der Waals surface area contributed by atoms with Crippen LogP contribution in [0.15, 0.2) is 59.6 Å². The monoisotopic (exact) mass is 353 g/mol. The molecule has 0 saturated heterocycles. The number of anilines is 1. The molecular weight excluding hydrogens is 330 g/mol. The van der Waals surface area contributed by atoms with Gasteiger partial charge in [0.25, 0.3) is 5.91 Å². The van der Waals surface area contributed by atoms with Gasteiger partial charge in [-0.2, -0.15) is 0 Å². The molecule has 4 N–H and O–H groups in total. The SMILES string of the molecule is O=C(/C=C/c1ccc(NCCO)c(/N=C/CCc2ccccc2)c1)NO. The van der Waals surface area contributed by atoms with Crippen LogP contribution in [0.2, 0.25) is 0 Å². The van der Waals surface area contributed by atoms with Crippen LogP contribution >= 0.6 is 0 Å². The van der Waals surface area contributed by atoms with Crippen molar-refractivity contribution >= 4 is 29.6 Å². The van der Waals surface area contributed by atoms with Crippen molar-refractivity contribution in [2.24, 2.45) is 4.99 Å². The van der Waals surface area contributed by atoms with Crippen LogP contribution in [-0.2, 0) is 11.2 Å². The highest BCUT2D eigenvalue weighted by atomic mass is 16.5. The summed E-state index contributed by atoms with van der Waals surface area (Å²) in [7, 11) is 0. The van der Waals surface area contributed by atoms with Crippen molar-refractivity contribution in [3.63, 3.8) is 0 Å². The molecule has 0 atom stereocenters. The number of benzene rings is 2. The van der Waals surface area contributed by atoms with Gasteiger partial charge in [0.15, 0.2) is 0 Å². The molecule has 1 amide bonds. The zero-order valence-corrected chi connectivity index (χ0v) is 14.4. The van der Waals surface area contributed by atoms with Crippen molar-refractivity contribution in [3.8, 4) is 0 Å². The number of aryl methyl sites for hydroxylation is 1. The third-order valence-electron chi connectivity index (χ3n) is 3.62. The maximum absolute atomic E-state index is 11.1. The van der Waals surface area contributed by atoms with E-state index in [1.165, 1.54) is 11.6 Å². The quantitative estimate of drug-likeness (QED) is 0.241. The lowest BCUT2D eigenvalue weighted by atomic mass is 10.1. The minimum absolute atomic E-state index is 0.0233. The minimum Gasteiger partial charge on any atom is -0.395 e. The molecule has 0 aliphatic carbocycles. The molecule has 26 heavy (non-hydrogen) atoms. The maximum atomic E-state index is 11.1. The summed E-state index contributed by atoms with van der Waals surface area (Å²) in [5, 5.41) is 20.7. The Kier molecular flexibility index (Phi) is 8.05. The molecule has 2 aromatic carbocycles. The number of hydrogen-bond acceptors (Lipinski definition) is 5. The summed E-state index contributed by atoms with van der Waals surface area (Å²) in [6, 6.07) is 15.7. The number of aliphatic hydroxyl groups is 1. The normalized spacial score (nSPS) is 11.2. The Labute approximate surface area is 152 Å². The molecule has 0 radical (unpaired) electrons. The Bertz CT molecular complexity index is 758. The second kappa shape index (κ2) is 10.8. The predicted octanol–water partition coefficient (Wildman–Crippen LogP) is 2.94. The number of rotatable bonds is 9. The van der Waals surface area contributed by atoms with Crippen molar-refractivity contribution in [1.82, 2.24) is 5.48 Å². The van der Waals surface area contributed by atoms with Crippen molar-refractivity contribution in [2.45, 2.75) is 12.8 Å². The highest BCUT2D eigenvalue weighted by Crippen LogP contribution is 2.26. The first-order valence-corrected chi connectivity index (χ1v) is 8.40. The van der Waals surface area contributed by atoms with Crippen molar-refractivity contribution in [2.75, 3.05) is 18.5 Å². The van der Waals surface area contributed by atoms with Gasteiger partial charge in [-0.25, -0.2) is 5.48 Å². The van der Waals surface area contributed by atoms with Crippen LogP contribution in [0.4, 0.5) is 11.4 Å². The van der Waals surface area contributed by atoms with Crippen LogP contribution in [0.3, 0.4) is 0 Å². The molecule has 0 aromatic heterocycles. The number of carbonyl (C=O) groups is 1. The van der Waals surface area contributed by atoms with Gasteiger partial charge in [-0.05, 0) is 42.2 Å². The molecule has 6 nitrogen and oxygen atoms in total. The van der Waals surface area contributed by atoms with Crippen LogP contribution < -0.4 is 10.8 Å². The number of hydrogen-bond donors (Lipinski definition) is 4. The van der Waals surface area contributed by atoms with E-state index in [0.717, 1.165) is 29.8 Å². The highest BCUT2D eigenvalue weighted by Gasteiger charge is 2.02. The molecule has 0 aliphatic rings. The van der Waals surface area contributed by atoms with Gasteiger partial charge in [0.2, 0.25) is 0 Å². The maximum Gasteiger partial charge on any atom is 0.267 e. The Morgan fingerprint density at radius 2 is 1.96 bits per heavy atom. The molecule has 6 heteroatoms. The van der Waals surface area contributed by atoms with E-state index in [4.69, 9.17) is 10.3 Å². The fraction of sp³-hybridized carbons (Fsp3) is 0.200. The summed E-state index contributed by atoms with van der Waals surface area (Å²) >= 11 is 0. The number of amides is 1. The Morgan fingerprint density at radius 3 is 2.69 bits per heavy atom. The van der Waals surface area contributed by atoms with E-state index < -0.39 is 5.91 Å². The number of nitrogens with zero attached hydrogens (tertiary/aromatic N) is 1. The summed E-state index contributed by atoms with van der Waals surface area (Å²) in [5.74, 6) is -0.597. The Balaban J connectivity index is 2.09. The average Bonchev–Trinajstić information content (AvgIpc) is 2.69. The third kappa shape index (κ3) is 6.51. The molecule has 0 bridgehead atoms. The molecule has 2 aromatic rings. The molecular formula is C20H23N3O3. The Hall–Kier alpha value is -2.96. The van der Waals surface area contributed by atoms with Crippen molar-refractivity contribution in [3.05, 3.63) is 65.7 Å². The second-order valence-electron chi connectivity index (χ2n) is 5.57. The van der Waals surface area contributed by atoms with Crippen molar-refractivity contribution < 1.29 is 15.1 Å². The highest BCUT2D eigenvalue weighted by molar-refractivity contribution is 5.91. The van der Waals surface area contributed by atoms with Gasteiger partial charge in [-0.1, -0.05) is 36.4 Å². The van der Waals surface area contributed by atoms with Gasteiger partial charge in [-0.15, -0.1) is 0 Å². The lowest BCUT2D eigenvalue weighted by molar-refractivity contribution is -0.124.